The van der Waals surface area contributed by atoms with Gasteiger partial charge < -0.3 is 15.4 Å². The van der Waals surface area contributed by atoms with Crippen LogP contribution in [-0.2, 0) is 14.3 Å². The molecule has 2 N–H and O–H groups in total. The van der Waals surface area contributed by atoms with Crippen molar-refractivity contribution in [3.8, 4) is 0 Å². The maximum absolute atomic E-state index is 15.2. The lowest BCUT2D eigenvalue weighted by molar-refractivity contribution is -0.145. The van der Waals surface area contributed by atoms with Gasteiger partial charge in [-0.05, 0) is 30.0 Å². The number of rotatable bonds is 10. The van der Waals surface area contributed by atoms with Crippen molar-refractivity contribution in [2.75, 3.05) is 7.11 Å². The summed E-state index contributed by atoms with van der Waals surface area (Å²) in [6, 6.07) is 14.9. The number of halogens is 5. The Hall–Kier alpha value is -3.14. The molecule has 5 nitrogen and oxygen atoms in total. The summed E-state index contributed by atoms with van der Waals surface area (Å²) in [6.07, 6.45) is 0.321. The monoisotopic (exact) mass is 556 g/mol. The van der Waals surface area contributed by atoms with Gasteiger partial charge in [-0.1, -0.05) is 76.6 Å². The summed E-state index contributed by atoms with van der Waals surface area (Å²) in [5.41, 5.74) is -1.83. The molecule has 0 heterocycles. The van der Waals surface area contributed by atoms with Gasteiger partial charge in [-0.15, -0.1) is 0 Å². The van der Waals surface area contributed by atoms with Crippen LogP contribution in [0.15, 0.2) is 83.1 Å². The van der Waals surface area contributed by atoms with Crippen LogP contribution in [0.25, 0.3) is 0 Å². The van der Waals surface area contributed by atoms with Gasteiger partial charge in [0.25, 0.3) is 11.8 Å². The zero-order valence-corrected chi connectivity index (χ0v) is 20.8. The van der Waals surface area contributed by atoms with E-state index in [2.05, 4.69) is 31.3 Å². The Morgan fingerprint density at radius 1 is 0.800 bits per heavy atom. The van der Waals surface area contributed by atoms with Crippen LogP contribution < -0.4 is 10.6 Å². The topological polar surface area (TPSA) is 67.4 Å². The van der Waals surface area contributed by atoms with E-state index in [1.54, 1.807) is 60.7 Å². The van der Waals surface area contributed by atoms with Gasteiger partial charge in [-0.2, -0.15) is 17.6 Å². The lowest BCUT2D eigenvalue weighted by atomic mass is 9.95. The Morgan fingerprint density at radius 2 is 1.17 bits per heavy atom. The summed E-state index contributed by atoms with van der Waals surface area (Å²) in [4.78, 5) is 25.5. The van der Waals surface area contributed by atoms with Crippen LogP contribution in [0.4, 0.5) is 17.6 Å². The van der Waals surface area contributed by atoms with Gasteiger partial charge in [0.05, 0.1) is 36.6 Å². The third-order valence-electron chi connectivity index (χ3n) is 5.18. The van der Waals surface area contributed by atoms with Crippen molar-refractivity contribution in [3.63, 3.8) is 0 Å². The number of hydrogen-bond donors (Lipinski definition) is 2. The predicted octanol–water partition coefficient (Wildman–Crippen LogP) is 5.82. The molecule has 2 aromatic carbocycles. The summed E-state index contributed by atoms with van der Waals surface area (Å²) < 4.78 is 65.4. The molecule has 0 aromatic heterocycles. The van der Waals surface area contributed by atoms with Crippen molar-refractivity contribution in [2.24, 2.45) is 0 Å². The molecule has 2 aromatic rings. The minimum absolute atomic E-state index is 0.321. The van der Waals surface area contributed by atoms with E-state index in [-0.39, 0.29) is 0 Å². The van der Waals surface area contributed by atoms with E-state index < -0.39 is 46.9 Å². The number of carbonyl (C=O) groups excluding carboxylic acids is 2. The molecule has 0 radical (unpaired) electrons. The van der Waals surface area contributed by atoms with Crippen LogP contribution in [-0.4, -0.2) is 30.8 Å². The first kappa shape index (κ1) is 28.1. The second-order valence-electron chi connectivity index (χ2n) is 7.65. The SMILES string of the molecule is CO/C=C(/C(=C/Br)C(F)(F)C(=O)N[C@@H](C)c1ccccc1)C(F)(F)C(=O)N[C@@H](C)c1ccccc1. The lowest BCUT2D eigenvalue weighted by Crippen LogP contribution is -2.48. The number of alkyl halides is 4. The second kappa shape index (κ2) is 12.0. The Bertz CT molecular complexity index is 1080. The number of methoxy groups -OCH3 is 1. The minimum Gasteiger partial charge on any atom is -0.504 e. The average molecular weight is 557 g/mol. The number of nitrogens with one attached hydrogen (secondary N) is 2. The predicted molar refractivity (Wildman–Crippen MR) is 128 cm³/mol. The first-order valence-corrected chi connectivity index (χ1v) is 11.4. The molecule has 188 valence electrons. The molecule has 0 saturated heterocycles. The highest BCUT2D eigenvalue weighted by Crippen LogP contribution is 2.40. The number of amides is 2. The number of ether oxygens (including phenoxy) is 1. The molecule has 0 bridgehead atoms. The second-order valence-corrected chi connectivity index (χ2v) is 8.11. The van der Waals surface area contributed by atoms with Gasteiger partial charge in [-0.3, -0.25) is 9.59 Å². The van der Waals surface area contributed by atoms with Crippen molar-refractivity contribution in [1.29, 1.82) is 0 Å². The van der Waals surface area contributed by atoms with Crippen molar-refractivity contribution in [1.82, 2.24) is 10.6 Å². The molecule has 2 amide bonds. The average Bonchev–Trinajstić information content (AvgIpc) is 2.84. The molecule has 35 heavy (non-hydrogen) atoms. The highest BCUT2D eigenvalue weighted by molar-refractivity contribution is 9.11. The third-order valence-corrected chi connectivity index (χ3v) is 5.63. The lowest BCUT2D eigenvalue weighted by Gasteiger charge is -2.27. The maximum atomic E-state index is 15.2. The number of benzene rings is 2. The van der Waals surface area contributed by atoms with Crippen molar-refractivity contribution in [3.05, 3.63) is 94.2 Å². The van der Waals surface area contributed by atoms with E-state index in [4.69, 9.17) is 0 Å². The van der Waals surface area contributed by atoms with Crippen LogP contribution in [0.5, 0.6) is 0 Å². The fourth-order valence-electron chi connectivity index (χ4n) is 3.19. The standard InChI is InChI=1S/C25H25BrF4N2O3/c1-16(18-10-6-4-7-11-18)31-22(33)24(27,28)20(14-26)21(15-35-3)25(29,30)23(34)32-17(2)19-12-8-5-9-13-19/h4-17H,1-3H3,(H,31,33)(H,32,34)/b20-14-,21-15-/t16-,17-/m0/s1. The first-order chi connectivity index (χ1) is 16.5. The molecule has 2 rings (SSSR count). The van der Waals surface area contributed by atoms with Gasteiger partial charge in [0.15, 0.2) is 0 Å². The Balaban J connectivity index is 2.31. The highest BCUT2D eigenvalue weighted by Gasteiger charge is 2.54. The molecular weight excluding hydrogens is 532 g/mol. The van der Waals surface area contributed by atoms with Gasteiger partial charge >= 0.3 is 11.8 Å². The Labute approximate surface area is 209 Å². The zero-order valence-electron chi connectivity index (χ0n) is 19.2. The summed E-state index contributed by atoms with van der Waals surface area (Å²) in [6.45, 7) is 2.94. The number of carbonyl (C=O) groups is 2. The van der Waals surface area contributed by atoms with E-state index in [9.17, 15) is 9.59 Å². The Kier molecular flexibility index (Phi) is 9.64. The van der Waals surface area contributed by atoms with Crippen LogP contribution in [0.1, 0.15) is 37.1 Å². The van der Waals surface area contributed by atoms with Crippen molar-refractivity contribution in [2.45, 2.75) is 37.8 Å². The summed E-state index contributed by atoms with van der Waals surface area (Å²) in [5, 5.41) is 4.23. The minimum atomic E-state index is -4.46. The quantitative estimate of drug-likeness (QED) is 0.220. The van der Waals surface area contributed by atoms with Crippen LogP contribution in [0.2, 0.25) is 0 Å². The van der Waals surface area contributed by atoms with Crippen molar-refractivity contribution < 1.29 is 31.9 Å². The smallest absolute Gasteiger partial charge is 0.353 e. The Morgan fingerprint density at radius 3 is 1.51 bits per heavy atom. The van der Waals surface area contributed by atoms with Crippen molar-refractivity contribution >= 4 is 27.7 Å². The fraction of sp³-hybridized carbons (Fsp3) is 0.280. The van der Waals surface area contributed by atoms with Gasteiger partial charge in [0.2, 0.25) is 0 Å². The van der Waals surface area contributed by atoms with Gasteiger partial charge in [-0.25, -0.2) is 0 Å². The van der Waals surface area contributed by atoms with Crippen LogP contribution in [0, 0.1) is 0 Å². The molecule has 0 aliphatic rings. The molecule has 0 spiro atoms. The van der Waals surface area contributed by atoms with Gasteiger partial charge in [0.1, 0.15) is 0 Å². The van der Waals surface area contributed by atoms with E-state index in [0.717, 1.165) is 7.11 Å². The third kappa shape index (κ3) is 6.72. The largest absolute Gasteiger partial charge is 0.504 e. The molecule has 0 aliphatic heterocycles. The molecule has 0 aliphatic carbocycles. The van der Waals surface area contributed by atoms with E-state index in [1.165, 1.54) is 13.8 Å². The molecular formula is C25H25BrF4N2O3. The highest BCUT2D eigenvalue weighted by atomic mass is 79.9. The van der Waals surface area contributed by atoms with E-state index in [1.807, 2.05) is 0 Å². The molecule has 10 heteroatoms. The molecule has 2 atom stereocenters. The van der Waals surface area contributed by atoms with E-state index >= 15 is 17.6 Å². The molecule has 0 saturated carbocycles. The van der Waals surface area contributed by atoms with Gasteiger partial charge in [0, 0.05) is 0 Å². The fourth-order valence-corrected chi connectivity index (χ4v) is 3.72. The summed E-state index contributed by atoms with van der Waals surface area (Å²) in [7, 11) is 0.960. The number of hydrogen-bond acceptors (Lipinski definition) is 3. The van der Waals surface area contributed by atoms with Crippen LogP contribution >= 0.6 is 15.9 Å². The zero-order chi connectivity index (χ0) is 26.2. The summed E-state index contributed by atoms with van der Waals surface area (Å²) in [5.74, 6) is -12.6. The first-order valence-electron chi connectivity index (χ1n) is 10.5. The van der Waals surface area contributed by atoms with E-state index in [0.29, 0.717) is 22.4 Å². The molecule has 0 fully saturated rings. The molecule has 0 unspecified atom stereocenters. The normalized spacial score (nSPS) is 14.6. The summed E-state index contributed by atoms with van der Waals surface area (Å²) >= 11 is 2.65. The van der Waals surface area contributed by atoms with Crippen LogP contribution in [0.3, 0.4) is 0 Å². The maximum Gasteiger partial charge on any atom is 0.353 e.